The highest BCUT2D eigenvalue weighted by Crippen LogP contribution is 2.37. The number of imidazole rings is 1. The molecule has 134 valence electrons. The molecule has 4 aromatic heterocycles. The average molecular weight is 358 g/mol. The second-order valence-corrected chi connectivity index (χ2v) is 6.68. The number of anilines is 1. The van der Waals surface area contributed by atoms with Crippen molar-refractivity contribution in [3.8, 4) is 22.5 Å². The summed E-state index contributed by atoms with van der Waals surface area (Å²) >= 11 is 0. The summed E-state index contributed by atoms with van der Waals surface area (Å²) in [4.78, 5) is 20.4. The summed E-state index contributed by atoms with van der Waals surface area (Å²) in [5.74, 6) is 0.533. The monoisotopic (exact) mass is 358 g/mol. The van der Waals surface area contributed by atoms with Crippen LogP contribution in [-0.4, -0.2) is 30.1 Å². The van der Waals surface area contributed by atoms with E-state index in [4.69, 9.17) is 5.10 Å². The van der Waals surface area contributed by atoms with Gasteiger partial charge in [-0.3, -0.25) is 18.9 Å². The number of hydrogen-bond donors (Lipinski definition) is 1. The fourth-order valence-electron chi connectivity index (χ4n) is 3.72. The number of nitrogens with zero attached hydrogens (tertiary/aromatic N) is 5. The number of amides is 1. The van der Waals surface area contributed by atoms with E-state index in [1.165, 1.54) is 12.6 Å². The second-order valence-electron chi connectivity index (χ2n) is 6.68. The van der Waals surface area contributed by atoms with Gasteiger partial charge in [-0.2, -0.15) is 5.10 Å². The van der Waals surface area contributed by atoms with E-state index in [1.54, 1.807) is 12.4 Å². The van der Waals surface area contributed by atoms with Crippen molar-refractivity contribution in [2.24, 2.45) is 0 Å². The maximum absolute atomic E-state index is 11.5. The second kappa shape index (κ2) is 6.05. The molecule has 0 saturated carbocycles. The Morgan fingerprint density at radius 3 is 2.93 bits per heavy atom. The van der Waals surface area contributed by atoms with E-state index in [2.05, 4.69) is 26.0 Å². The molecule has 7 heteroatoms. The molecule has 0 spiro atoms. The summed E-state index contributed by atoms with van der Waals surface area (Å²) < 4.78 is 3.99. The van der Waals surface area contributed by atoms with Gasteiger partial charge in [0.15, 0.2) is 0 Å². The molecule has 4 aromatic rings. The number of aromatic nitrogens is 5. The Labute approximate surface area is 155 Å². The number of pyridine rings is 2. The van der Waals surface area contributed by atoms with E-state index in [9.17, 15) is 4.79 Å². The molecule has 0 atom stereocenters. The summed E-state index contributed by atoms with van der Waals surface area (Å²) in [6, 6.07) is 9.89. The van der Waals surface area contributed by atoms with Gasteiger partial charge in [-0.25, -0.2) is 4.98 Å². The van der Waals surface area contributed by atoms with Crippen molar-refractivity contribution in [1.29, 1.82) is 0 Å². The van der Waals surface area contributed by atoms with Gasteiger partial charge >= 0.3 is 0 Å². The molecule has 5 rings (SSSR count). The Kier molecular flexibility index (Phi) is 3.53. The topological polar surface area (TPSA) is 77.1 Å². The summed E-state index contributed by atoms with van der Waals surface area (Å²) in [5, 5.41) is 7.66. The molecule has 7 nitrogen and oxygen atoms in total. The molecule has 0 saturated heterocycles. The molecule has 0 bridgehead atoms. The Morgan fingerprint density at radius 2 is 2.11 bits per heavy atom. The first-order valence-corrected chi connectivity index (χ1v) is 8.97. The largest absolute Gasteiger partial charge is 0.311 e. The third-order valence-electron chi connectivity index (χ3n) is 4.85. The molecule has 0 aromatic carbocycles. The molecule has 5 heterocycles. The first-order valence-electron chi connectivity index (χ1n) is 8.97. The van der Waals surface area contributed by atoms with Crippen LogP contribution in [0, 0.1) is 0 Å². The predicted octanol–water partition coefficient (Wildman–Crippen LogP) is 3.16. The maximum Gasteiger partial charge on any atom is 0.222 e. The lowest BCUT2D eigenvalue weighted by Crippen LogP contribution is -2.07. The molecule has 1 aliphatic heterocycles. The van der Waals surface area contributed by atoms with Gasteiger partial charge in [-0.15, -0.1) is 0 Å². The highest BCUT2D eigenvalue weighted by atomic mass is 16.1. The van der Waals surface area contributed by atoms with E-state index in [0.717, 1.165) is 47.5 Å². The zero-order chi connectivity index (χ0) is 18.4. The highest BCUT2D eigenvalue weighted by molar-refractivity contribution is 5.88. The first-order chi connectivity index (χ1) is 13.2. The molecular weight excluding hydrogens is 340 g/mol. The minimum atomic E-state index is -0.122. The van der Waals surface area contributed by atoms with Crippen LogP contribution < -0.4 is 5.32 Å². The van der Waals surface area contributed by atoms with Crippen LogP contribution in [0.4, 0.5) is 5.82 Å². The molecule has 0 fully saturated rings. The summed E-state index contributed by atoms with van der Waals surface area (Å²) in [6.07, 6.45) is 7.56. The molecule has 27 heavy (non-hydrogen) atoms. The number of carbonyl (C=O) groups is 1. The van der Waals surface area contributed by atoms with Crippen LogP contribution in [0.1, 0.15) is 19.0 Å². The van der Waals surface area contributed by atoms with E-state index >= 15 is 0 Å². The van der Waals surface area contributed by atoms with Gasteiger partial charge in [0.2, 0.25) is 5.91 Å². The fraction of sp³-hybridized carbons (Fsp3) is 0.200. The molecular formula is C20H18N6O. The van der Waals surface area contributed by atoms with E-state index in [1.807, 2.05) is 34.9 Å². The number of carbonyl (C=O) groups excluding carboxylic acids is 1. The molecule has 0 aliphatic carbocycles. The molecule has 0 unspecified atom stereocenters. The average Bonchev–Trinajstić information content (AvgIpc) is 3.36. The van der Waals surface area contributed by atoms with Gasteiger partial charge in [0.05, 0.1) is 11.9 Å². The highest BCUT2D eigenvalue weighted by Gasteiger charge is 2.24. The van der Waals surface area contributed by atoms with Gasteiger partial charge in [0, 0.05) is 42.7 Å². The molecule has 1 aliphatic rings. The lowest BCUT2D eigenvalue weighted by atomic mass is 10.0. The molecule has 1 amide bonds. The third-order valence-corrected chi connectivity index (χ3v) is 4.85. The van der Waals surface area contributed by atoms with E-state index < -0.39 is 0 Å². The maximum atomic E-state index is 11.5. The zero-order valence-electron chi connectivity index (χ0n) is 14.9. The van der Waals surface area contributed by atoms with Crippen LogP contribution in [0.25, 0.3) is 28.2 Å². The van der Waals surface area contributed by atoms with Crippen LogP contribution in [0.3, 0.4) is 0 Å². The van der Waals surface area contributed by atoms with Crippen molar-refractivity contribution in [1.82, 2.24) is 24.1 Å². The van der Waals surface area contributed by atoms with Gasteiger partial charge in [0.25, 0.3) is 0 Å². The Bertz CT molecular complexity index is 1160. The Balaban J connectivity index is 1.71. The number of aryl methyl sites for hydroxylation is 1. The van der Waals surface area contributed by atoms with Gasteiger partial charge in [0.1, 0.15) is 17.2 Å². The predicted molar refractivity (Wildman–Crippen MR) is 102 cm³/mol. The van der Waals surface area contributed by atoms with Crippen molar-refractivity contribution in [2.45, 2.75) is 26.3 Å². The zero-order valence-corrected chi connectivity index (χ0v) is 14.9. The third kappa shape index (κ3) is 2.59. The SMILES string of the molecule is CC(=O)Nc1cnc2ccc(-c3c(-c4ccccn4)nn4c3CCC4)cn12. The summed E-state index contributed by atoms with van der Waals surface area (Å²) in [6.45, 7) is 2.42. The van der Waals surface area contributed by atoms with Crippen molar-refractivity contribution in [2.75, 3.05) is 5.32 Å². The van der Waals surface area contributed by atoms with Crippen LogP contribution in [0.5, 0.6) is 0 Å². The lowest BCUT2D eigenvalue weighted by molar-refractivity contribution is -0.114. The number of rotatable bonds is 3. The van der Waals surface area contributed by atoms with Crippen LogP contribution >= 0.6 is 0 Å². The quantitative estimate of drug-likeness (QED) is 0.610. The Morgan fingerprint density at radius 1 is 1.19 bits per heavy atom. The molecule has 0 radical (unpaired) electrons. The van der Waals surface area contributed by atoms with Crippen LogP contribution in [-0.2, 0) is 17.8 Å². The van der Waals surface area contributed by atoms with Crippen molar-refractivity contribution in [3.05, 3.63) is 54.6 Å². The minimum Gasteiger partial charge on any atom is -0.311 e. The van der Waals surface area contributed by atoms with E-state index in [0.29, 0.717) is 5.82 Å². The van der Waals surface area contributed by atoms with Crippen LogP contribution in [0.2, 0.25) is 0 Å². The van der Waals surface area contributed by atoms with Crippen molar-refractivity contribution in [3.63, 3.8) is 0 Å². The van der Waals surface area contributed by atoms with Crippen molar-refractivity contribution >= 4 is 17.4 Å². The normalized spacial score (nSPS) is 13.1. The fourth-order valence-corrected chi connectivity index (χ4v) is 3.72. The van der Waals surface area contributed by atoms with E-state index in [-0.39, 0.29) is 5.91 Å². The van der Waals surface area contributed by atoms with Gasteiger partial charge < -0.3 is 5.32 Å². The summed E-state index contributed by atoms with van der Waals surface area (Å²) in [7, 11) is 0. The number of fused-ring (bicyclic) bond motifs is 2. The molecule has 1 N–H and O–H groups in total. The smallest absolute Gasteiger partial charge is 0.222 e. The minimum absolute atomic E-state index is 0.122. The Hall–Kier alpha value is -3.48. The van der Waals surface area contributed by atoms with Crippen LogP contribution in [0.15, 0.2) is 48.9 Å². The van der Waals surface area contributed by atoms with Gasteiger partial charge in [-0.05, 0) is 37.1 Å². The standard InChI is InChI=1S/C20H18N6O/c1-13(27)23-18-11-22-17-8-7-14(12-25(17)18)19-16-6-4-10-26(16)24-20(19)15-5-2-3-9-21-15/h2-3,5,7-9,11-12H,4,6,10H2,1H3,(H,23,27). The number of nitrogens with one attached hydrogen (secondary N) is 1. The summed E-state index contributed by atoms with van der Waals surface area (Å²) in [5.41, 5.74) is 5.92. The van der Waals surface area contributed by atoms with Crippen molar-refractivity contribution < 1.29 is 4.79 Å². The van der Waals surface area contributed by atoms with Gasteiger partial charge in [-0.1, -0.05) is 6.07 Å². The lowest BCUT2D eigenvalue weighted by Gasteiger charge is -2.08. The number of hydrogen-bond acceptors (Lipinski definition) is 4. The first kappa shape index (κ1) is 15.7.